The van der Waals surface area contributed by atoms with Crippen LogP contribution in [0.4, 0.5) is 0 Å². The van der Waals surface area contributed by atoms with Crippen LogP contribution in [0.15, 0.2) is 59.6 Å². The first-order valence-electron chi connectivity index (χ1n) is 8.61. The Kier molecular flexibility index (Phi) is 5.85. The first kappa shape index (κ1) is 20.4. The molecule has 0 unspecified atom stereocenters. The van der Waals surface area contributed by atoms with E-state index in [-0.39, 0.29) is 10.6 Å². The van der Waals surface area contributed by atoms with Crippen molar-refractivity contribution in [2.45, 2.75) is 11.8 Å². The van der Waals surface area contributed by atoms with E-state index in [4.69, 9.17) is 0 Å². The van der Waals surface area contributed by atoms with Crippen LogP contribution in [-0.2, 0) is 14.8 Å². The zero-order chi connectivity index (χ0) is 21.0. The number of carbonyl (C=O) groups excluding carboxylic acids is 2. The highest BCUT2D eigenvalue weighted by atomic mass is 32.2. The third kappa shape index (κ3) is 4.73. The summed E-state index contributed by atoms with van der Waals surface area (Å²) in [4.78, 5) is 32.6. The maximum Gasteiger partial charge on any atom is 0.289 e. The van der Waals surface area contributed by atoms with E-state index in [1.54, 1.807) is 36.4 Å². The normalized spacial score (nSPS) is 11.4. The maximum absolute atomic E-state index is 12.5. The fourth-order valence-corrected chi connectivity index (χ4v) is 3.60. The molecule has 0 atom stereocenters. The zero-order valence-electron chi connectivity index (χ0n) is 15.8. The molecule has 0 fully saturated rings. The van der Waals surface area contributed by atoms with Crippen LogP contribution in [0.25, 0.3) is 11.0 Å². The number of hydrazine groups is 1. The fourth-order valence-electron chi connectivity index (χ4n) is 2.47. The smallest absolute Gasteiger partial charge is 0.272 e. The molecule has 2 N–H and O–H groups in total. The Morgan fingerprint density at radius 3 is 2.34 bits per heavy atom. The average Bonchev–Trinajstić information content (AvgIpc) is 2.71. The van der Waals surface area contributed by atoms with Crippen LogP contribution in [0.2, 0.25) is 0 Å². The Morgan fingerprint density at radius 1 is 1.00 bits per heavy atom. The number of aromatic nitrogens is 2. The molecular weight excluding hydrogens is 394 g/mol. The number of rotatable bonds is 5. The molecule has 2 amide bonds. The Morgan fingerprint density at radius 2 is 1.66 bits per heavy atom. The third-order valence-corrected chi connectivity index (χ3v) is 5.91. The van der Waals surface area contributed by atoms with Crippen LogP contribution < -0.4 is 10.9 Å². The number of benzene rings is 2. The first-order chi connectivity index (χ1) is 13.8. The number of nitrogens with zero attached hydrogens (tertiary/aromatic N) is 3. The Labute approximate surface area is 167 Å². The second kappa shape index (κ2) is 8.33. The molecule has 3 rings (SSSR count). The largest absolute Gasteiger partial charge is 0.289 e. The molecule has 0 saturated carbocycles. The van der Waals surface area contributed by atoms with Crippen molar-refractivity contribution in [2.24, 2.45) is 0 Å². The molecular formula is C19H19N5O4S. The van der Waals surface area contributed by atoms with Gasteiger partial charge in [0.15, 0.2) is 0 Å². The molecule has 1 aromatic heterocycles. The molecule has 0 aliphatic heterocycles. The highest BCUT2D eigenvalue weighted by molar-refractivity contribution is 7.89. The summed E-state index contributed by atoms with van der Waals surface area (Å²) in [6, 6.07) is 13.3. The lowest BCUT2D eigenvalue weighted by atomic mass is 10.2. The van der Waals surface area contributed by atoms with Gasteiger partial charge in [0, 0.05) is 7.05 Å². The Hall–Kier alpha value is -3.37. The topological polar surface area (TPSA) is 121 Å². The minimum Gasteiger partial charge on any atom is -0.272 e. The van der Waals surface area contributed by atoms with Crippen molar-refractivity contribution in [3.8, 4) is 0 Å². The van der Waals surface area contributed by atoms with Crippen LogP contribution in [0.3, 0.4) is 0 Å². The summed E-state index contributed by atoms with van der Waals surface area (Å²) in [5, 5.41) is 0. The van der Waals surface area contributed by atoms with E-state index in [9.17, 15) is 18.0 Å². The van der Waals surface area contributed by atoms with Gasteiger partial charge in [-0.15, -0.1) is 0 Å². The summed E-state index contributed by atoms with van der Waals surface area (Å²) >= 11 is 0. The van der Waals surface area contributed by atoms with E-state index >= 15 is 0 Å². The van der Waals surface area contributed by atoms with Gasteiger partial charge in [-0.2, -0.15) is 4.31 Å². The molecule has 10 heteroatoms. The lowest BCUT2D eigenvalue weighted by molar-refractivity contribution is -0.121. The monoisotopic (exact) mass is 413 g/mol. The highest BCUT2D eigenvalue weighted by Crippen LogP contribution is 2.14. The average molecular weight is 413 g/mol. The van der Waals surface area contributed by atoms with Crippen molar-refractivity contribution < 1.29 is 18.0 Å². The number of aryl methyl sites for hydroxylation is 1. The Bertz CT molecular complexity index is 1160. The molecule has 3 aromatic rings. The van der Waals surface area contributed by atoms with E-state index < -0.39 is 28.4 Å². The molecule has 150 valence electrons. The number of para-hydroxylation sites is 2. The standard InChI is InChI=1S/C19H19N5O4S/c1-13-7-9-14(10-8-13)29(27,28)24(2)12-18(25)22-23-19(26)17-11-20-15-5-3-4-6-16(15)21-17/h3-11H,12H2,1-2H3,(H,22,25)(H,23,26). The van der Waals surface area contributed by atoms with Gasteiger partial charge in [0.05, 0.1) is 28.7 Å². The van der Waals surface area contributed by atoms with Crippen molar-refractivity contribution in [3.05, 3.63) is 66.0 Å². The van der Waals surface area contributed by atoms with E-state index in [0.29, 0.717) is 11.0 Å². The van der Waals surface area contributed by atoms with Crippen LogP contribution >= 0.6 is 0 Å². The zero-order valence-corrected chi connectivity index (χ0v) is 16.6. The number of hydrogen-bond donors (Lipinski definition) is 2. The minimum atomic E-state index is -3.83. The Balaban J connectivity index is 1.59. The lowest BCUT2D eigenvalue weighted by Gasteiger charge is -2.17. The van der Waals surface area contributed by atoms with Crippen LogP contribution in [0.1, 0.15) is 16.1 Å². The van der Waals surface area contributed by atoms with Gasteiger partial charge in [-0.1, -0.05) is 29.8 Å². The van der Waals surface area contributed by atoms with Gasteiger partial charge in [0.1, 0.15) is 5.69 Å². The van der Waals surface area contributed by atoms with E-state index in [1.807, 2.05) is 6.92 Å². The van der Waals surface area contributed by atoms with Crippen molar-refractivity contribution in [1.29, 1.82) is 0 Å². The summed E-state index contributed by atoms with van der Waals surface area (Å²) in [5.74, 6) is -1.37. The first-order valence-corrected chi connectivity index (χ1v) is 10.1. The fraction of sp³-hybridized carbons (Fsp3) is 0.158. The number of sulfonamides is 1. The molecule has 2 aromatic carbocycles. The maximum atomic E-state index is 12.5. The highest BCUT2D eigenvalue weighted by Gasteiger charge is 2.23. The molecule has 0 saturated heterocycles. The molecule has 29 heavy (non-hydrogen) atoms. The molecule has 9 nitrogen and oxygen atoms in total. The van der Waals surface area contributed by atoms with Gasteiger partial charge in [-0.25, -0.2) is 13.4 Å². The second-order valence-electron chi connectivity index (χ2n) is 6.32. The summed E-state index contributed by atoms with van der Waals surface area (Å²) in [6.07, 6.45) is 1.29. The quantitative estimate of drug-likeness (QED) is 0.603. The summed E-state index contributed by atoms with van der Waals surface area (Å²) in [5.41, 5.74) is 6.50. The lowest BCUT2D eigenvalue weighted by Crippen LogP contribution is -2.47. The molecule has 1 heterocycles. The number of nitrogens with one attached hydrogen (secondary N) is 2. The molecule has 0 aliphatic rings. The number of fused-ring (bicyclic) bond motifs is 1. The SMILES string of the molecule is Cc1ccc(S(=O)(=O)N(C)CC(=O)NNC(=O)c2cnc3ccccc3n2)cc1. The predicted octanol–water partition coefficient (Wildman–Crippen LogP) is 1.02. The van der Waals surface area contributed by atoms with Crippen molar-refractivity contribution in [3.63, 3.8) is 0 Å². The van der Waals surface area contributed by atoms with Gasteiger partial charge in [0.25, 0.3) is 11.8 Å². The molecule has 0 spiro atoms. The van der Waals surface area contributed by atoms with Gasteiger partial charge in [0.2, 0.25) is 10.0 Å². The van der Waals surface area contributed by atoms with Gasteiger partial charge in [-0.3, -0.25) is 25.4 Å². The molecule has 0 bridgehead atoms. The van der Waals surface area contributed by atoms with Crippen LogP contribution in [0, 0.1) is 6.92 Å². The second-order valence-corrected chi connectivity index (χ2v) is 8.37. The van der Waals surface area contributed by atoms with E-state index in [0.717, 1.165) is 9.87 Å². The van der Waals surface area contributed by atoms with Crippen molar-refractivity contribution in [2.75, 3.05) is 13.6 Å². The predicted molar refractivity (Wildman–Crippen MR) is 106 cm³/mol. The van der Waals surface area contributed by atoms with Gasteiger partial charge in [-0.05, 0) is 31.2 Å². The summed E-state index contributed by atoms with van der Waals surface area (Å²) in [6.45, 7) is 1.37. The minimum absolute atomic E-state index is 0.0182. The van der Waals surface area contributed by atoms with Crippen LogP contribution in [0.5, 0.6) is 0 Å². The molecule has 0 aliphatic carbocycles. The summed E-state index contributed by atoms with van der Waals surface area (Å²) in [7, 11) is -2.55. The van der Waals surface area contributed by atoms with Gasteiger partial charge < -0.3 is 0 Å². The van der Waals surface area contributed by atoms with Gasteiger partial charge >= 0.3 is 0 Å². The van der Waals surface area contributed by atoms with E-state index in [2.05, 4.69) is 20.8 Å². The van der Waals surface area contributed by atoms with Crippen molar-refractivity contribution >= 4 is 32.9 Å². The number of carbonyl (C=O) groups is 2. The van der Waals surface area contributed by atoms with E-state index in [1.165, 1.54) is 25.4 Å². The van der Waals surface area contributed by atoms with Crippen molar-refractivity contribution in [1.82, 2.24) is 25.1 Å². The third-order valence-electron chi connectivity index (χ3n) is 4.09. The number of amides is 2. The summed E-state index contributed by atoms with van der Waals surface area (Å²) < 4.78 is 25.9. The van der Waals surface area contributed by atoms with Crippen LogP contribution in [-0.4, -0.2) is 48.1 Å². The number of hydrogen-bond acceptors (Lipinski definition) is 6. The molecule has 0 radical (unpaired) electrons. The number of likely N-dealkylation sites (N-methyl/N-ethyl adjacent to an activating group) is 1.